The van der Waals surface area contributed by atoms with Crippen molar-refractivity contribution in [2.24, 2.45) is 0 Å². The number of hydrogen-bond donors (Lipinski definition) is 0. The van der Waals surface area contributed by atoms with Crippen LogP contribution in [0.1, 0.15) is 55.6 Å². The first-order valence-corrected chi connectivity index (χ1v) is 36.9. The molecule has 8 heteroatoms. The van der Waals surface area contributed by atoms with E-state index in [-0.39, 0.29) is 0 Å². The van der Waals surface area contributed by atoms with Gasteiger partial charge in [-0.05, 0) is 180 Å². The van der Waals surface area contributed by atoms with E-state index in [1.54, 1.807) is 0 Å². The number of benzene rings is 15. The van der Waals surface area contributed by atoms with Crippen LogP contribution in [0.2, 0.25) is 0 Å². The number of rotatable bonds is 10. The lowest BCUT2D eigenvalue weighted by Crippen LogP contribution is -2.32. The highest BCUT2D eigenvalue weighted by Gasteiger charge is 2.53. The molecule has 2 aromatic heterocycles. The second-order valence-electron chi connectivity index (χ2n) is 28.4. The van der Waals surface area contributed by atoms with Crippen molar-refractivity contribution in [3.63, 3.8) is 0 Å². The van der Waals surface area contributed by atoms with Crippen LogP contribution < -0.4 is 9.47 Å². The Labute approximate surface area is 636 Å². The molecule has 1 atom stereocenters. The molecule has 0 fully saturated rings. The molecular weight excluding hydrogens is 1340 g/mol. The van der Waals surface area contributed by atoms with Crippen LogP contribution >= 0.6 is 0 Å². The Morgan fingerprint density at radius 2 is 0.545 bits per heavy atom. The number of nitriles is 2. The Morgan fingerprint density at radius 3 is 1.10 bits per heavy atom. The Hall–Kier alpha value is -15.0. The summed E-state index contributed by atoms with van der Waals surface area (Å²) in [5.41, 5.74) is 29.0. The van der Waals surface area contributed by atoms with Crippen molar-refractivity contribution in [2.45, 2.75) is 10.8 Å². The SMILES string of the molecule is N#Cc1ccc2c(c1)C1(c3cc(-c4ccccc4-c4nc(-c5ccccc5)cc(-c5cccc(-c6cccc7c6-c6ccccc6C76c7cc(C#N)ccc7Oc7ccc(-c8cccc(-c9cc(-c%10cccc(-c%11ccccc%11)c%10)nc(-c%10ccccc%10)n9)c8)cc76)c5)n4)ccc3O2)c2ccccc2-c2ccccc21. The Morgan fingerprint density at radius 1 is 0.209 bits per heavy atom. The van der Waals surface area contributed by atoms with Gasteiger partial charge in [0.1, 0.15) is 23.0 Å². The summed E-state index contributed by atoms with van der Waals surface area (Å²) in [7, 11) is 0. The summed E-state index contributed by atoms with van der Waals surface area (Å²) in [4.78, 5) is 21.6. The lowest BCUT2D eigenvalue weighted by Gasteiger charge is -2.39. The minimum absolute atomic E-state index is 0.538. The van der Waals surface area contributed by atoms with E-state index in [0.717, 1.165) is 185 Å². The first-order valence-electron chi connectivity index (χ1n) is 36.9. The smallest absolute Gasteiger partial charge is 0.161 e. The highest BCUT2D eigenvalue weighted by molar-refractivity contribution is 5.98. The van der Waals surface area contributed by atoms with Gasteiger partial charge in [-0.3, -0.25) is 0 Å². The highest BCUT2D eigenvalue weighted by atomic mass is 16.5. The van der Waals surface area contributed by atoms with Gasteiger partial charge in [0.05, 0.1) is 56.9 Å². The van der Waals surface area contributed by atoms with Gasteiger partial charge in [0.2, 0.25) is 0 Å². The first kappa shape index (κ1) is 63.5. The van der Waals surface area contributed by atoms with Gasteiger partial charge in [-0.2, -0.15) is 10.5 Å². The van der Waals surface area contributed by atoms with Gasteiger partial charge in [-0.15, -0.1) is 0 Å². The maximum atomic E-state index is 10.8. The molecule has 4 aliphatic rings. The molecule has 0 N–H and O–H groups in total. The van der Waals surface area contributed by atoms with Gasteiger partial charge < -0.3 is 9.47 Å². The molecular formula is C102H60N6O2. The molecule has 8 nitrogen and oxygen atoms in total. The van der Waals surface area contributed by atoms with Crippen molar-refractivity contribution in [1.29, 1.82) is 10.5 Å². The highest BCUT2D eigenvalue weighted by Crippen LogP contribution is 2.66. The van der Waals surface area contributed by atoms with E-state index >= 15 is 0 Å². The summed E-state index contributed by atoms with van der Waals surface area (Å²) in [6.45, 7) is 0. The quantitative estimate of drug-likeness (QED) is 0.133. The van der Waals surface area contributed by atoms with Crippen LogP contribution in [0, 0.1) is 22.7 Å². The maximum absolute atomic E-state index is 10.8. The van der Waals surface area contributed by atoms with Crippen molar-refractivity contribution in [3.05, 3.63) is 420 Å². The van der Waals surface area contributed by atoms with E-state index in [1.165, 1.54) is 0 Å². The minimum atomic E-state index is -0.938. The zero-order chi connectivity index (χ0) is 73.0. The molecule has 15 aromatic carbocycles. The van der Waals surface area contributed by atoms with E-state index in [9.17, 15) is 10.5 Å². The molecule has 0 saturated heterocycles. The molecule has 0 radical (unpaired) electrons. The second-order valence-corrected chi connectivity index (χ2v) is 28.4. The van der Waals surface area contributed by atoms with E-state index in [1.807, 2.05) is 78.9 Å². The molecule has 0 bridgehead atoms. The third kappa shape index (κ3) is 9.98. The summed E-state index contributed by atoms with van der Waals surface area (Å²) < 4.78 is 13.9. The summed E-state index contributed by atoms with van der Waals surface area (Å²) >= 11 is 0. The average molecular weight is 1400 g/mol. The first-order chi connectivity index (χ1) is 54.4. The fourth-order valence-corrected chi connectivity index (χ4v) is 17.7. The van der Waals surface area contributed by atoms with Crippen molar-refractivity contribution >= 4 is 0 Å². The third-order valence-corrected chi connectivity index (χ3v) is 22.5. The van der Waals surface area contributed by atoms with E-state index < -0.39 is 10.8 Å². The fourth-order valence-electron chi connectivity index (χ4n) is 17.7. The maximum Gasteiger partial charge on any atom is 0.161 e. The third-order valence-electron chi connectivity index (χ3n) is 22.5. The lowest BCUT2D eigenvalue weighted by molar-refractivity contribution is 0.436. The van der Waals surface area contributed by atoms with Crippen molar-refractivity contribution in [1.82, 2.24) is 19.9 Å². The summed E-state index contributed by atoms with van der Waals surface area (Å²) in [5.74, 6) is 4.10. The van der Waals surface area contributed by atoms with Gasteiger partial charge >= 0.3 is 0 Å². The zero-order valence-corrected chi connectivity index (χ0v) is 59.1. The fraction of sp³-hybridized carbons (Fsp3) is 0.0196. The molecule has 4 heterocycles. The normalized spacial score (nSPS) is 13.9. The van der Waals surface area contributed by atoms with Crippen LogP contribution in [-0.4, -0.2) is 19.9 Å². The Balaban J connectivity index is 0.693. The van der Waals surface area contributed by atoms with Crippen molar-refractivity contribution < 1.29 is 9.47 Å². The number of aromatic nitrogens is 4. The number of ether oxygens (including phenoxy) is 2. The Bertz CT molecular complexity index is 6730. The van der Waals surface area contributed by atoms with Crippen LogP contribution in [0.5, 0.6) is 23.0 Å². The van der Waals surface area contributed by atoms with Crippen LogP contribution in [-0.2, 0) is 10.8 Å². The standard InChI is InChI=1S/C102H60N6O2/c103-61-63-44-48-94-86(52-63)101(82-40-15-12-35-78(82)79-36-13-16-41-83(79)101)89-58-72(47-51-97(89)109-94)76-34-10-11-37-80(76)100-107-90(66-24-6-2-7-25-66)59-93(108-100)75-33-20-30-71(56-75)77-39-21-43-85-98(77)81-38-14-17-42-84(81)102(85)87-53-64(62-104)45-49-95(87)110-96-50-46-70(57-88(96)102)69-29-19-32-74(55-69)92-60-91(105-99(106-92)67-26-8-3-9-27-67)73-31-18-28-68(54-73)65-22-4-1-5-23-65/h1-60H. The number of hydrogen-bond acceptors (Lipinski definition) is 8. The van der Waals surface area contributed by atoms with E-state index in [4.69, 9.17) is 29.4 Å². The molecule has 0 saturated carbocycles. The molecule has 1 unspecified atom stereocenters. The summed E-state index contributed by atoms with van der Waals surface area (Å²) in [6.07, 6.45) is 0. The van der Waals surface area contributed by atoms with Crippen LogP contribution in [0.4, 0.5) is 0 Å². The van der Waals surface area contributed by atoms with Crippen LogP contribution in [0.25, 0.3) is 135 Å². The molecule has 0 amide bonds. The molecule has 2 aliphatic carbocycles. The topological polar surface area (TPSA) is 118 Å². The lowest BCUT2D eigenvalue weighted by atomic mass is 9.65. The minimum Gasteiger partial charge on any atom is -0.457 e. The molecule has 2 aliphatic heterocycles. The van der Waals surface area contributed by atoms with Gasteiger partial charge in [0, 0.05) is 55.6 Å². The predicted octanol–water partition coefficient (Wildman–Crippen LogP) is 24.6. The molecule has 2 spiro atoms. The predicted molar refractivity (Wildman–Crippen MR) is 436 cm³/mol. The second kappa shape index (κ2) is 25.4. The number of nitrogens with zero attached hydrogens (tertiary/aromatic N) is 6. The van der Waals surface area contributed by atoms with Gasteiger partial charge in [-0.25, -0.2) is 19.9 Å². The van der Waals surface area contributed by atoms with Gasteiger partial charge in [-0.1, -0.05) is 273 Å². The molecule has 21 rings (SSSR count). The van der Waals surface area contributed by atoms with E-state index in [2.05, 4.69) is 297 Å². The summed E-state index contributed by atoms with van der Waals surface area (Å²) in [6, 6.07) is 132. The molecule has 17 aromatic rings. The largest absolute Gasteiger partial charge is 0.457 e. The van der Waals surface area contributed by atoms with Crippen LogP contribution in [0.3, 0.4) is 0 Å². The Kier molecular flexibility index (Phi) is 14.7. The molecule has 110 heavy (non-hydrogen) atoms. The summed E-state index contributed by atoms with van der Waals surface area (Å²) in [5, 5.41) is 21.2. The van der Waals surface area contributed by atoms with Crippen LogP contribution in [0.15, 0.2) is 364 Å². The average Bonchev–Trinajstić information content (AvgIpc) is 1.50. The number of fused-ring (bicyclic) bond motifs is 18. The van der Waals surface area contributed by atoms with Crippen molar-refractivity contribution in [3.8, 4) is 170 Å². The molecule has 510 valence electrons. The van der Waals surface area contributed by atoms with E-state index in [0.29, 0.717) is 28.5 Å². The van der Waals surface area contributed by atoms with Gasteiger partial charge in [0.25, 0.3) is 0 Å². The monoisotopic (exact) mass is 1400 g/mol. The van der Waals surface area contributed by atoms with Gasteiger partial charge in [0.15, 0.2) is 11.6 Å². The van der Waals surface area contributed by atoms with Crippen molar-refractivity contribution in [2.75, 3.05) is 0 Å². The zero-order valence-electron chi connectivity index (χ0n) is 59.1.